The van der Waals surface area contributed by atoms with Gasteiger partial charge < -0.3 is 53.3 Å². The molecular formula is C49H70N12O8. The topological polar surface area (TPSA) is 319 Å². The lowest BCUT2D eigenvalue weighted by atomic mass is 9.92. The van der Waals surface area contributed by atoms with E-state index in [1.54, 1.807) is 43.3 Å². The molecule has 20 heteroatoms. The maximum atomic E-state index is 14.6. The molecule has 4 aromatic rings. The lowest BCUT2D eigenvalue weighted by Gasteiger charge is -2.32. The molecule has 0 saturated heterocycles. The number of ether oxygens (including phenoxy) is 2. The molecule has 4 rings (SSSR count). The van der Waals surface area contributed by atoms with Gasteiger partial charge in [-0.1, -0.05) is 63.8 Å². The molecule has 5 amide bonds. The molecule has 0 aliphatic heterocycles. The van der Waals surface area contributed by atoms with Gasteiger partial charge in [-0.25, -0.2) is 0 Å². The van der Waals surface area contributed by atoms with Crippen LogP contribution < -0.4 is 48.4 Å². The van der Waals surface area contributed by atoms with Crippen LogP contribution in [0, 0.1) is 12.8 Å². The molecule has 5 atom stereocenters. The highest BCUT2D eigenvalue weighted by Gasteiger charge is 2.35. The Morgan fingerprint density at radius 1 is 0.754 bits per heavy atom. The monoisotopic (exact) mass is 955 g/mol. The number of benzene rings is 3. The number of primary amides is 1. The zero-order chi connectivity index (χ0) is 50.6. The van der Waals surface area contributed by atoms with Crippen LogP contribution in [0.3, 0.4) is 0 Å². The van der Waals surface area contributed by atoms with Gasteiger partial charge in [0, 0.05) is 42.7 Å². The molecule has 1 aromatic heterocycles. The number of nitrogens with zero attached hydrogens (tertiary/aromatic N) is 4. The van der Waals surface area contributed by atoms with Crippen LogP contribution in [-0.2, 0) is 32.0 Å². The number of aryl methyl sites for hydroxylation is 2. The van der Waals surface area contributed by atoms with E-state index in [1.807, 2.05) is 25.1 Å². The third-order valence-electron chi connectivity index (χ3n) is 11.6. The third-order valence-corrected chi connectivity index (χ3v) is 11.6. The lowest BCUT2D eigenvalue weighted by Crippen LogP contribution is -2.53. The summed E-state index contributed by atoms with van der Waals surface area (Å²) in [5, 5.41) is 21.2. The molecule has 12 N–H and O–H groups in total. The SMILES string of the molecule is CCCCCCCc1ccc(C(=O)N[C@@H](CCN)C(=O)N(C)[C@H](C(=O)N[C@@H](C)C(N)=O)c2ccc(OCCN)c(-c3cc(C[C@H](C)C(=O)N[C@@H](C)C(=O)c4nn[nH]n4)ccc3OCCN)c2)c(C)c1. The molecule has 0 aliphatic carbocycles. The van der Waals surface area contributed by atoms with Crippen molar-refractivity contribution in [2.75, 3.05) is 39.9 Å². The van der Waals surface area contributed by atoms with Crippen LogP contribution >= 0.6 is 0 Å². The van der Waals surface area contributed by atoms with Gasteiger partial charge in [0.05, 0.1) is 6.04 Å². The van der Waals surface area contributed by atoms with Crippen molar-refractivity contribution in [1.82, 2.24) is 41.5 Å². The summed E-state index contributed by atoms with van der Waals surface area (Å²) in [5.41, 5.74) is 27.5. The van der Waals surface area contributed by atoms with Crippen molar-refractivity contribution in [2.45, 2.75) is 110 Å². The van der Waals surface area contributed by atoms with E-state index in [4.69, 9.17) is 32.4 Å². The first-order chi connectivity index (χ1) is 33.0. The van der Waals surface area contributed by atoms with Crippen molar-refractivity contribution >= 4 is 35.3 Å². The number of H-pyrrole nitrogens is 1. The van der Waals surface area contributed by atoms with Gasteiger partial charge >= 0.3 is 0 Å². The van der Waals surface area contributed by atoms with Gasteiger partial charge in [0.2, 0.25) is 35.2 Å². The van der Waals surface area contributed by atoms with Crippen molar-refractivity contribution < 1.29 is 38.2 Å². The summed E-state index contributed by atoms with van der Waals surface area (Å²) >= 11 is 0. The number of hydrogen-bond donors (Lipinski definition) is 8. The number of carbonyl (C=O) groups excluding carboxylic acids is 6. The van der Waals surface area contributed by atoms with Crippen molar-refractivity contribution in [2.24, 2.45) is 28.9 Å². The zero-order valence-corrected chi connectivity index (χ0v) is 40.6. The Kier molecular flexibility index (Phi) is 21.7. The fraction of sp³-hybridized carbons (Fsp3) is 0.490. The smallest absolute Gasteiger partial charge is 0.252 e. The van der Waals surface area contributed by atoms with Crippen LogP contribution in [0.1, 0.15) is 115 Å². The van der Waals surface area contributed by atoms with Gasteiger partial charge in [0.15, 0.2) is 0 Å². The molecule has 69 heavy (non-hydrogen) atoms. The highest BCUT2D eigenvalue weighted by molar-refractivity contribution is 6.00. The lowest BCUT2D eigenvalue weighted by molar-refractivity contribution is -0.141. The van der Waals surface area contributed by atoms with Gasteiger partial charge in [-0.05, 0) is 111 Å². The largest absolute Gasteiger partial charge is 0.492 e. The molecule has 0 spiro atoms. The fourth-order valence-corrected chi connectivity index (χ4v) is 7.78. The van der Waals surface area contributed by atoms with Crippen LogP contribution in [0.4, 0.5) is 0 Å². The number of tetrazole rings is 1. The summed E-state index contributed by atoms with van der Waals surface area (Å²) in [6.45, 7) is 9.34. The zero-order valence-electron chi connectivity index (χ0n) is 40.6. The Morgan fingerprint density at radius 3 is 2.00 bits per heavy atom. The predicted octanol–water partition coefficient (Wildman–Crippen LogP) is 2.57. The van der Waals surface area contributed by atoms with E-state index >= 15 is 0 Å². The van der Waals surface area contributed by atoms with Crippen LogP contribution in [0.25, 0.3) is 11.1 Å². The molecule has 0 aliphatic rings. The second kappa shape index (κ2) is 27.3. The van der Waals surface area contributed by atoms with Gasteiger partial charge in [-0.2, -0.15) is 5.21 Å². The number of nitrogens with two attached hydrogens (primary N) is 4. The van der Waals surface area contributed by atoms with Crippen molar-refractivity contribution in [1.29, 1.82) is 0 Å². The number of aromatic amines is 1. The molecule has 0 radical (unpaired) electrons. The molecule has 0 bridgehead atoms. The first kappa shape index (κ1) is 54.8. The predicted molar refractivity (Wildman–Crippen MR) is 261 cm³/mol. The van der Waals surface area contributed by atoms with Crippen molar-refractivity contribution in [3.8, 4) is 22.6 Å². The summed E-state index contributed by atoms with van der Waals surface area (Å²) in [7, 11) is 1.43. The van der Waals surface area contributed by atoms with Gasteiger partial charge in [-0.3, -0.25) is 28.8 Å². The van der Waals surface area contributed by atoms with Crippen molar-refractivity contribution in [3.63, 3.8) is 0 Å². The molecule has 1 heterocycles. The summed E-state index contributed by atoms with van der Waals surface area (Å²) in [6, 6.07) is 11.3. The number of nitrogens with one attached hydrogen (secondary N) is 4. The Hall–Kier alpha value is -6.77. The average Bonchev–Trinajstić information content (AvgIpc) is 3.87. The van der Waals surface area contributed by atoms with E-state index in [0.717, 1.165) is 30.4 Å². The minimum Gasteiger partial charge on any atom is -0.492 e. The molecule has 3 aromatic carbocycles. The standard InChI is InChI=1S/C49H70N12O8/c1-7-8-9-10-11-12-33-13-16-36(29(2)25-33)47(65)56-39(19-20-50)49(67)61(6)42(48(66)55-32(5)44(53)63)35-15-18-41(69-24-22-52)38(28-35)37-27-34(14-17-40(37)68-23-21-51)26-30(3)46(64)54-31(4)43(62)45-57-59-60-58-45/h13-18,25,27-28,30-32,39,42H,7-12,19-24,26,50-52H2,1-6H3,(H2,53,63)(H,54,64)(H,55,66)(H,56,65)(H,57,58,59,60)/t30-,31-,32-,39-,42-/m0/s1. The number of likely N-dealkylation sites (N-methyl/N-ethyl adjacent to an activating group) is 1. The Balaban J connectivity index is 1.73. The number of rotatable bonds is 29. The minimum atomic E-state index is -1.39. The maximum absolute atomic E-state index is 14.6. The number of carbonyl (C=O) groups is 6. The van der Waals surface area contributed by atoms with E-state index in [9.17, 15) is 28.8 Å². The summed E-state index contributed by atoms with van der Waals surface area (Å²) in [6.07, 6.45) is 6.90. The maximum Gasteiger partial charge on any atom is 0.252 e. The van der Waals surface area contributed by atoms with Crippen LogP contribution in [0.15, 0.2) is 54.6 Å². The molecule has 0 unspecified atom stereocenters. The average molecular weight is 955 g/mol. The number of ketones is 1. The Bertz CT molecular complexity index is 2360. The number of hydrogen-bond acceptors (Lipinski definition) is 14. The molecule has 0 saturated carbocycles. The minimum absolute atomic E-state index is 0.0347. The number of amides is 5. The van der Waals surface area contributed by atoms with Crippen molar-refractivity contribution in [3.05, 3.63) is 88.2 Å². The number of aromatic nitrogens is 4. The highest BCUT2D eigenvalue weighted by atomic mass is 16.5. The fourth-order valence-electron chi connectivity index (χ4n) is 7.78. The quantitative estimate of drug-likeness (QED) is 0.0287. The summed E-state index contributed by atoms with van der Waals surface area (Å²) in [5.74, 6) is -3.58. The summed E-state index contributed by atoms with van der Waals surface area (Å²) in [4.78, 5) is 82.4. The third kappa shape index (κ3) is 15.6. The summed E-state index contributed by atoms with van der Waals surface area (Å²) < 4.78 is 12.3. The normalized spacial score (nSPS) is 13.3. The second-order valence-electron chi connectivity index (χ2n) is 17.2. The second-order valence-corrected chi connectivity index (χ2v) is 17.2. The first-order valence-electron chi connectivity index (χ1n) is 23.5. The van der Waals surface area contributed by atoms with E-state index < -0.39 is 65.4 Å². The van der Waals surface area contributed by atoms with Crippen LogP contribution in [-0.4, -0.2) is 119 Å². The first-order valence-corrected chi connectivity index (χ1v) is 23.5. The van der Waals surface area contributed by atoms with E-state index in [1.165, 1.54) is 45.1 Å². The van der Waals surface area contributed by atoms with Crippen LogP contribution in [0.5, 0.6) is 11.5 Å². The molecular weight excluding hydrogens is 885 g/mol. The van der Waals surface area contributed by atoms with Gasteiger partial charge in [0.1, 0.15) is 42.8 Å². The Morgan fingerprint density at radius 2 is 1.39 bits per heavy atom. The Labute approximate surface area is 403 Å². The molecule has 0 fully saturated rings. The van der Waals surface area contributed by atoms with E-state index in [0.29, 0.717) is 33.8 Å². The number of Topliss-reactive ketones (excluding diaryl/α,β-unsaturated/α-hetero) is 1. The van der Waals surface area contributed by atoms with Gasteiger partial charge in [0.25, 0.3) is 5.91 Å². The van der Waals surface area contributed by atoms with Gasteiger partial charge in [-0.15, -0.1) is 10.2 Å². The number of unbranched alkanes of at least 4 members (excludes halogenated alkanes) is 4. The van der Waals surface area contributed by atoms with E-state index in [2.05, 4.69) is 43.5 Å². The van der Waals surface area contributed by atoms with E-state index in [-0.39, 0.29) is 57.1 Å². The highest BCUT2D eigenvalue weighted by Crippen LogP contribution is 2.40. The molecule has 374 valence electrons. The molecule has 20 nitrogen and oxygen atoms in total. The van der Waals surface area contributed by atoms with Crippen LogP contribution in [0.2, 0.25) is 0 Å².